The van der Waals surface area contributed by atoms with Gasteiger partial charge >= 0.3 is 0 Å². The predicted octanol–water partition coefficient (Wildman–Crippen LogP) is 2.58. The summed E-state index contributed by atoms with van der Waals surface area (Å²) in [6.45, 7) is 8.12. The summed E-state index contributed by atoms with van der Waals surface area (Å²) >= 11 is 0. The van der Waals surface area contributed by atoms with E-state index < -0.39 is 0 Å². The third-order valence-electron chi connectivity index (χ3n) is 3.19. The highest BCUT2D eigenvalue weighted by Gasteiger charge is 2.22. The minimum absolute atomic E-state index is 0.205. The van der Waals surface area contributed by atoms with Gasteiger partial charge in [0.15, 0.2) is 0 Å². The fraction of sp³-hybridized carbons (Fsp3) is 1.00. The summed E-state index contributed by atoms with van der Waals surface area (Å²) in [5, 5.41) is 19.2. The molecule has 0 heterocycles. The summed E-state index contributed by atoms with van der Waals surface area (Å²) in [5.41, 5.74) is 0. The quantitative estimate of drug-likeness (QED) is 0.666. The van der Waals surface area contributed by atoms with Crippen LogP contribution in [0, 0.1) is 11.8 Å². The summed E-state index contributed by atoms with van der Waals surface area (Å²) in [6.07, 6.45) is 3.30. The van der Waals surface area contributed by atoms with Gasteiger partial charge in [0.2, 0.25) is 0 Å². The number of hydrogen-bond acceptors (Lipinski definition) is 2. The highest BCUT2D eigenvalue weighted by atomic mass is 16.3. The van der Waals surface area contributed by atoms with E-state index in [1.165, 1.54) is 0 Å². The lowest BCUT2D eigenvalue weighted by molar-refractivity contribution is 0.0425. The number of rotatable bonds is 7. The first kappa shape index (κ1) is 13.9. The van der Waals surface area contributed by atoms with E-state index in [1.54, 1.807) is 0 Å². The van der Waals surface area contributed by atoms with Gasteiger partial charge in [0.1, 0.15) is 0 Å². The van der Waals surface area contributed by atoms with Crippen molar-refractivity contribution in [2.45, 2.75) is 65.6 Å². The van der Waals surface area contributed by atoms with Crippen LogP contribution in [0.5, 0.6) is 0 Å². The van der Waals surface area contributed by atoms with Gasteiger partial charge in [-0.3, -0.25) is 0 Å². The van der Waals surface area contributed by atoms with Crippen LogP contribution in [0.15, 0.2) is 0 Å². The molecule has 0 radical (unpaired) electrons. The summed E-state index contributed by atoms with van der Waals surface area (Å²) < 4.78 is 0. The Morgan fingerprint density at radius 3 is 1.86 bits per heavy atom. The van der Waals surface area contributed by atoms with E-state index in [2.05, 4.69) is 20.8 Å². The van der Waals surface area contributed by atoms with Crippen molar-refractivity contribution in [1.82, 2.24) is 0 Å². The van der Waals surface area contributed by atoms with E-state index in [0.29, 0.717) is 11.8 Å². The monoisotopic (exact) mass is 202 g/mol. The van der Waals surface area contributed by atoms with Crippen molar-refractivity contribution in [3.8, 4) is 0 Å². The van der Waals surface area contributed by atoms with Gasteiger partial charge in [0, 0.05) is 0 Å². The van der Waals surface area contributed by atoms with E-state index in [1.807, 2.05) is 6.92 Å². The van der Waals surface area contributed by atoms with Gasteiger partial charge in [0.25, 0.3) is 0 Å². The molecule has 0 aromatic heterocycles. The van der Waals surface area contributed by atoms with Crippen LogP contribution in [0.1, 0.15) is 53.4 Å². The summed E-state index contributed by atoms with van der Waals surface area (Å²) in [6, 6.07) is 0. The van der Waals surface area contributed by atoms with Crippen molar-refractivity contribution < 1.29 is 10.2 Å². The van der Waals surface area contributed by atoms with Crippen LogP contribution >= 0.6 is 0 Å². The lowest BCUT2D eigenvalue weighted by atomic mass is 9.85. The predicted molar refractivity (Wildman–Crippen MR) is 60.2 cm³/mol. The maximum absolute atomic E-state index is 10.0. The SMILES string of the molecule is CCC(C)C(O)C(CC)CCC(C)O. The minimum Gasteiger partial charge on any atom is -0.393 e. The molecular formula is C12H26O2. The first-order valence-corrected chi connectivity index (χ1v) is 5.88. The molecule has 0 fully saturated rings. The highest BCUT2D eigenvalue weighted by Crippen LogP contribution is 2.23. The van der Waals surface area contributed by atoms with Crippen molar-refractivity contribution in [2.24, 2.45) is 11.8 Å². The van der Waals surface area contributed by atoms with Crippen molar-refractivity contribution in [1.29, 1.82) is 0 Å². The Kier molecular flexibility index (Phi) is 7.20. The second-order valence-corrected chi connectivity index (χ2v) is 4.47. The van der Waals surface area contributed by atoms with Gasteiger partial charge < -0.3 is 10.2 Å². The number of aliphatic hydroxyl groups is 2. The fourth-order valence-corrected chi connectivity index (χ4v) is 1.78. The molecule has 2 nitrogen and oxygen atoms in total. The third kappa shape index (κ3) is 4.97. The zero-order valence-corrected chi connectivity index (χ0v) is 10.0. The molecule has 0 aliphatic heterocycles. The maximum Gasteiger partial charge on any atom is 0.0593 e. The fourth-order valence-electron chi connectivity index (χ4n) is 1.78. The Morgan fingerprint density at radius 1 is 0.929 bits per heavy atom. The minimum atomic E-state index is -0.242. The summed E-state index contributed by atoms with van der Waals surface area (Å²) in [7, 11) is 0. The van der Waals surface area contributed by atoms with E-state index in [0.717, 1.165) is 25.7 Å². The molecule has 0 aromatic rings. The van der Waals surface area contributed by atoms with Crippen molar-refractivity contribution in [3.63, 3.8) is 0 Å². The van der Waals surface area contributed by atoms with Crippen LogP contribution < -0.4 is 0 Å². The van der Waals surface area contributed by atoms with E-state index in [9.17, 15) is 10.2 Å². The molecule has 0 spiro atoms. The van der Waals surface area contributed by atoms with E-state index >= 15 is 0 Å². The van der Waals surface area contributed by atoms with Crippen LogP contribution in [0.25, 0.3) is 0 Å². The molecule has 0 aliphatic carbocycles. The van der Waals surface area contributed by atoms with Crippen molar-refractivity contribution >= 4 is 0 Å². The number of hydrogen-bond donors (Lipinski definition) is 2. The average molecular weight is 202 g/mol. The molecule has 0 aromatic carbocycles. The molecule has 86 valence electrons. The molecule has 0 bridgehead atoms. The Labute approximate surface area is 88.3 Å². The average Bonchev–Trinajstić information content (AvgIpc) is 2.16. The van der Waals surface area contributed by atoms with Crippen LogP contribution in [-0.4, -0.2) is 22.4 Å². The van der Waals surface area contributed by atoms with Gasteiger partial charge in [-0.15, -0.1) is 0 Å². The first-order chi connectivity index (χ1) is 6.52. The van der Waals surface area contributed by atoms with Gasteiger partial charge in [-0.2, -0.15) is 0 Å². The largest absolute Gasteiger partial charge is 0.393 e. The van der Waals surface area contributed by atoms with Gasteiger partial charge in [-0.1, -0.05) is 33.6 Å². The van der Waals surface area contributed by atoms with Crippen molar-refractivity contribution in [2.75, 3.05) is 0 Å². The maximum atomic E-state index is 10.0. The summed E-state index contributed by atoms with van der Waals surface area (Å²) in [5.74, 6) is 0.716. The second kappa shape index (κ2) is 7.24. The molecule has 2 heteroatoms. The Balaban J connectivity index is 3.98. The van der Waals surface area contributed by atoms with E-state index in [4.69, 9.17) is 0 Å². The van der Waals surface area contributed by atoms with Gasteiger partial charge in [-0.25, -0.2) is 0 Å². The zero-order chi connectivity index (χ0) is 11.1. The smallest absolute Gasteiger partial charge is 0.0593 e. The van der Waals surface area contributed by atoms with Gasteiger partial charge in [0.05, 0.1) is 12.2 Å². The van der Waals surface area contributed by atoms with Crippen molar-refractivity contribution in [3.05, 3.63) is 0 Å². The summed E-state index contributed by atoms with van der Waals surface area (Å²) in [4.78, 5) is 0. The van der Waals surface area contributed by atoms with Gasteiger partial charge in [-0.05, 0) is 31.6 Å². The molecule has 0 aliphatic rings. The first-order valence-electron chi connectivity index (χ1n) is 5.88. The van der Waals surface area contributed by atoms with Crippen LogP contribution in [0.2, 0.25) is 0 Å². The normalized spacial score (nSPS) is 20.1. The molecule has 0 saturated carbocycles. The molecule has 0 amide bonds. The Hall–Kier alpha value is -0.0800. The van der Waals surface area contributed by atoms with E-state index in [-0.39, 0.29) is 12.2 Å². The lowest BCUT2D eigenvalue weighted by Crippen LogP contribution is -2.27. The molecule has 4 unspecified atom stereocenters. The molecule has 0 rings (SSSR count). The van der Waals surface area contributed by atoms with Crippen LogP contribution in [-0.2, 0) is 0 Å². The Morgan fingerprint density at radius 2 is 1.50 bits per heavy atom. The molecule has 2 N–H and O–H groups in total. The zero-order valence-electron chi connectivity index (χ0n) is 10.0. The topological polar surface area (TPSA) is 40.5 Å². The third-order valence-corrected chi connectivity index (χ3v) is 3.19. The Bertz CT molecular complexity index is 134. The second-order valence-electron chi connectivity index (χ2n) is 4.47. The standard InChI is InChI=1S/C12H26O2/c1-5-9(3)12(14)11(6-2)8-7-10(4)13/h9-14H,5-8H2,1-4H3. The number of aliphatic hydroxyl groups excluding tert-OH is 2. The molecule has 14 heavy (non-hydrogen) atoms. The van der Waals surface area contributed by atoms with Crippen LogP contribution in [0.4, 0.5) is 0 Å². The van der Waals surface area contributed by atoms with Crippen LogP contribution in [0.3, 0.4) is 0 Å². The lowest BCUT2D eigenvalue weighted by Gasteiger charge is -2.26. The molecular weight excluding hydrogens is 176 g/mol. The molecule has 0 saturated heterocycles. The highest BCUT2D eigenvalue weighted by molar-refractivity contribution is 4.73. The molecule has 4 atom stereocenters.